The molecule has 0 saturated carbocycles. The molecule has 0 bridgehead atoms. The van der Waals surface area contributed by atoms with Crippen molar-refractivity contribution in [3.63, 3.8) is 0 Å². The molecule has 23 heavy (non-hydrogen) atoms. The highest BCUT2D eigenvalue weighted by Gasteiger charge is 2.31. The first kappa shape index (κ1) is 17.0. The molecule has 0 fully saturated rings. The molecule has 1 heterocycles. The van der Waals surface area contributed by atoms with Crippen LogP contribution in [0.15, 0.2) is 5.11 Å². The average Bonchev–Trinajstić information content (AvgIpc) is 2.93. The lowest BCUT2D eigenvalue weighted by Gasteiger charge is -2.16. The molecule has 0 radical (unpaired) electrons. The number of hydrogen-bond donors (Lipinski definition) is 0. The van der Waals surface area contributed by atoms with Crippen LogP contribution in [0.2, 0.25) is 0 Å². The van der Waals surface area contributed by atoms with Gasteiger partial charge in [-0.1, -0.05) is 0 Å². The Hall–Kier alpha value is -2.38. The van der Waals surface area contributed by atoms with Crippen LogP contribution in [-0.2, 0) is 27.2 Å². The molecule has 0 spiro atoms. The molecule has 8 nitrogen and oxygen atoms in total. The summed E-state index contributed by atoms with van der Waals surface area (Å²) in [5.41, 5.74) is 9.56. The summed E-state index contributed by atoms with van der Waals surface area (Å²) in [6.07, 6.45) is 3.42. The van der Waals surface area contributed by atoms with Crippen molar-refractivity contribution in [2.45, 2.75) is 32.6 Å². The van der Waals surface area contributed by atoms with E-state index in [0.29, 0.717) is 11.4 Å². The number of carbonyl (C=O) groups excluding carboxylic acids is 3. The largest absolute Gasteiger partial charge is 0.459 e. The molecule has 0 aromatic carbocycles. The Labute approximate surface area is 136 Å². The number of likely N-dealkylation sites (N-methyl/N-ethyl adjacent to an activating group) is 1. The van der Waals surface area contributed by atoms with Gasteiger partial charge in [0.1, 0.15) is 5.00 Å². The number of thiophene rings is 1. The molecule has 2 amide bonds. The molecule has 1 aromatic rings. The first-order valence-corrected chi connectivity index (χ1v) is 8.01. The van der Waals surface area contributed by atoms with Gasteiger partial charge in [0.05, 0.1) is 12.2 Å². The van der Waals surface area contributed by atoms with Crippen LogP contribution >= 0.6 is 11.3 Å². The summed E-state index contributed by atoms with van der Waals surface area (Å²) in [6.45, 7) is 1.69. The van der Waals surface area contributed by atoms with Gasteiger partial charge >= 0.3 is 11.9 Å². The van der Waals surface area contributed by atoms with Gasteiger partial charge in [0.25, 0.3) is 5.91 Å². The van der Waals surface area contributed by atoms with Crippen molar-refractivity contribution in [2.24, 2.45) is 5.11 Å². The van der Waals surface area contributed by atoms with E-state index in [1.807, 2.05) is 0 Å². The number of rotatable bonds is 3. The summed E-state index contributed by atoms with van der Waals surface area (Å²) in [7, 11) is 1.41. The van der Waals surface area contributed by atoms with E-state index >= 15 is 0 Å². The minimum absolute atomic E-state index is 0.0872. The Morgan fingerprint density at radius 2 is 2.04 bits per heavy atom. The van der Waals surface area contributed by atoms with E-state index in [1.54, 1.807) is 6.92 Å². The fourth-order valence-electron chi connectivity index (χ4n) is 2.52. The zero-order chi connectivity index (χ0) is 17.0. The van der Waals surface area contributed by atoms with Crippen LogP contribution in [0, 0.1) is 0 Å². The number of anilines is 1. The van der Waals surface area contributed by atoms with Gasteiger partial charge in [-0.2, -0.15) is 0 Å². The number of hydrogen-bond acceptors (Lipinski definition) is 5. The van der Waals surface area contributed by atoms with Crippen LogP contribution in [0.1, 0.15) is 40.6 Å². The van der Waals surface area contributed by atoms with Crippen LogP contribution in [0.25, 0.3) is 10.4 Å². The first-order valence-electron chi connectivity index (χ1n) is 7.20. The van der Waals surface area contributed by atoms with Crippen molar-refractivity contribution in [2.75, 3.05) is 18.6 Å². The minimum atomic E-state index is -0.983. The number of carbonyl (C=O) groups is 3. The third kappa shape index (κ3) is 3.35. The van der Waals surface area contributed by atoms with Gasteiger partial charge in [-0.05, 0) is 48.8 Å². The lowest BCUT2D eigenvalue weighted by atomic mass is 9.95. The summed E-state index contributed by atoms with van der Waals surface area (Å²) in [5.74, 6) is -2.57. The van der Waals surface area contributed by atoms with Gasteiger partial charge in [-0.15, -0.1) is 11.3 Å². The number of aryl methyl sites for hydroxylation is 1. The topological polar surface area (TPSA) is 112 Å². The zero-order valence-corrected chi connectivity index (χ0v) is 13.7. The number of esters is 1. The Kier molecular flexibility index (Phi) is 5.36. The number of amides is 2. The molecule has 122 valence electrons. The van der Waals surface area contributed by atoms with Gasteiger partial charge < -0.3 is 4.74 Å². The highest BCUT2D eigenvalue weighted by atomic mass is 32.1. The summed E-state index contributed by atoms with van der Waals surface area (Å²) < 4.78 is 4.70. The molecule has 0 atom stereocenters. The average molecular weight is 336 g/mol. The fourth-order valence-corrected chi connectivity index (χ4v) is 3.86. The van der Waals surface area contributed by atoms with E-state index in [2.05, 4.69) is 10.0 Å². The highest BCUT2D eigenvalue weighted by molar-refractivity contribution is 7.17. The molecular weight excluding hydrogens is 320 g/mol. The quantitative estimate of drug-likeness (QED) is 0.277. The van der Waals surface area contributed by atoms with Gasteiger partial charge in [-0.25, -0.2) is 4.79 Å². The summed E-state index contributed by atoms with van der Waals surface area (Å²) in [6, 6.07) is 0. The van der Waals surface area contributed by atoms with Gasteiger partial charge in [0, 0.05) is 16.8 Å². The monoisotopic (exact) mass is 336 g/mol. The van der Waals surface area contributed by atoms with E-state index in [9.17, 15) is 14.4 Å². The standard InChI is InChI=1S/C14H16N4O4S/c1-3-22-14(21)12(20)18(2)13-10(11(19)16-17-15)8-6-4-5-7-9(8)23-13/h3-7H2,1-2H3. The van der Waals surface area contributed by atoms with Gasteiger partial charge in [0.15, 0.2) is 0 Å². The molecule has 9 heteroatoms. The predicted octanol–water partition coefficient (Wildman–Crippen LogP) is 2.60. The zero-order valence-electron chi connectivity index (χ0n) is 12.9. The van der Waals surface area contributed by atoms with Crippen molar-refractivity contribution in [3.05, 3.63) is 26.4 Å². The third-order valence-corrected chi connectivity index (χ3v) is 4.93. The summed E-state index contributed by atoms with van der Waals surface area (Å²) in [4.78, 5) is 40.5. The minimum Gasteiger partial charge on any atom is -0.459 e. The molecule has 0 unspecified atom stereocenters. The molecule has 0 saturated heterocycles. The Morgan fingerprint density at radius 1 is 1.35 bits per heavy atom. The van der Waals surface area contributed by atoms with Crippen molar-refractivity contribution >= 4 is 34.1 Å². The van der Waals surface area contributed by atoms with Crippen molar-refractivity contribution in [3.8, 4) is 0 Å². The summed E-state index contributed by atoms with van der Waals surface area (Å²) in [5, 5.41) is 3.48. The van der Waals surface area contributed by atoms with Crippen molar-refractivity contribution in [1.29, 1.82) is 0 Å². The van der Waals surface area contributed by atoms with E-state index in [1.165, 1.54) is 18.4 Å². The fraction of sp³-hybridized carbons (Fsp3) is 0.500. The third-order valence-electron chi connectivity index (χ3n) is 3.56. The SMILES string of the molecule is CCOC(=O)C(=O)N(C)c1sc2c(c1C(=O)N=[N+]=[N-])CCCC2. The Bertz CT molecular complexity index is 706. The normalized spacial score (nSPS) is 12.8. The second-order valence-corrected chi connectivity index (χ2v) is 6.05. The van der Waals surface area contributed by atoms with Gasteiger partial charge in [0.2, 0.25) is 0 Å². The molecule has 2 rings (SSSR count). The van der Waals surface area contributed by atoms with Crippen LogP contribution in [0.3, 0.4) is 0 Å². The second kappa shape index (κ2) is 7.26. The van der Waals surface area contributed by atoms with Crippen molar-refractivity contribution < 1.29 is 19.1 Å². The van der Waals surface area contributed by atoms with E-state index in [-0.39, 0.29) is 12.2 Å². The van der Waals surface area contributed by atoms with E-state index < -0.39 is 17.8 Å². The number of fused-ring (bicyclic) bond motifs is 1. The molecule has 1 aliphatic rings. The van der Waals surface area contributed by atoms with Crippen LogP contribution in [0.5, 0.6) is 0 Å². The Balaban J connectivity index is 2.46. The van der Waals surface area contributed by atoms with E-state index in [4.69, 9.17) is 10.3 Å². The van der Waals surface area contributed by atoms with Crippen LogP contribution in [0.4, 0.5) is 5.00 Å². The maximum absolute atomic E-state index is 12.2. The smallest absolute Gasteiger partial charge is 0.397 e. The van der Waals surface area contributed by atoms with Gasteiger partial charge in [-0.3, -0.25) is 14.5 Å². The molecule has 0 aliphatic heterocycles. The first-order chi connectivity index (χ1) is 11.0. The second-order valence-electron chi connectivity index (χ2n) is 4.97. The maximum atomic E-state index is 12.2. The number of nitrogens with zero attached hydrogens (tertiary/aromatic N) is 4. The van der Waals surface area contributed by atoms with Crippen LogP contribution < -0.4 is 4.90 Å². The van der Waals surface area contributed by atoms with E-state index in [0.717, 1.165) is 34.6 Å². The lowest BCUT2D eigenvalue weighted by Crippen LogP contribution is -2.34. The molecule has 0 N–H and O–H groups in total. The molecule has 1 aromatic heterocycles. The summed E-state index contributed by atoms with van der Waals surface area (Å²) >= 11 is 1.28. The highest BCUT2D eigenvalue weighted by Crippen LogP contribution is 2.40. The number of azide groups is 1. The maximum Gasteiger partial charge on any atom is 0.397 e. The molecular formula is C14H16N4O4S. The Morgan fingerprint density at radius 3 is 2.70 bits per heavy atom. The van der Waals surface area contributed by atoms with Crippen LogP contribution in [-0.4, -0.2) is 31.4 Å². The lowest BCUT2D eigenvalue weighted by molar-refractivity contribution is -0.153. The predicted molar refractivity (Wildman–Crippen MR) is 84.5 cm³/mol. The molecule has 1 aliphatic carbocycles. The number of ether oxygens (including phenoxy) is 1. The van der Waals surface area contributed by atoms with Crippen molar-refractivity contribution in [1.82, 2.24) is 0 Å².